The molecule has 0 amide bonds. The monoisotopic (exact) mass is 191 g/mol. The standard InChI is InChI=1S/C12H19Si/c1-12(2,3)10-8-6-7-9-11(10)13(4)5/h6-9H,1-5H3. The van der Waals surface area contributed by atoms with Crippen LogP contribution in [-0.2, 0) is 5.41 Å². The molecule has 0 spiro atoms. The summed E-state index contributed by atoms with van der Waals surface area (Å²) in [5.41, 5.74) is 1.81. The van der Waals surface area contributed by atoms with Crippen LogP contribution >= 0.6 is 0 Å². The molecule has 0 saturated heterocycles. The van der Waals surface area contributed by atoms with E-state index in [1.807, 2.05) is 0 Å². The first kappa shape index (κ1) is 10.5. The van der Waals surface area contributed by atoms with E-state index in [0.717, 1.165) is 0 Å². The van der Waals surface area contributed by atoms with Gasteiger partial charge < -0.3 is 0 Å². The first-order chi connectivity index (χ1) is 5.93. The van der Waals surface area contributed by atoms with Crippen molar-refractivity contribution in [2.24, 2.45) is 0 Å². The minimum absolute atomic E-state index is 0.290. The first-order valence-corrected chi connectivity index (χ1v) is 7.33. The molecule has 0 saturated carbocycles. The van der Waals surface area contributed by atoms with Gasteiger partial charge >= 0.3 is 0 Å². The van der Waals surface area contributed by atoms with E-state index < -0.39 is 0 Å². The van der Waals surface area contributed by atoms with Crippen LogP contribution in [0.1, 0.15) is 26.3 Å². The lowest BCUT2D eigenvalue weighted by Crippen LogP contribution is -2.32. The molecule has 1 aromatic carbocycles. The second-order valence-electron chi connectivity index (χ2n) is 4.80. The third kappa shape index (κ3) is 2.44. The Hall–Kier alpha value is -0.563. The van der Waals surface area contributed by atoms with Crippen LogP contribution in [0.2, 0.25) is 13.1 Å². The predicted octanol–water partition coefficient (Wildman–Crippen LogP) is 2.95. The predicted molar refractivity (Wildman–Crippen MR) is 62.3 cm³/mol. The molecule has 0 fully saturated rings. The molecule has 0 aromatic heterocycles. The topological polar surface area (TPSA) is 0 Å². The molecule has 0 aliphatic carbocycles. The number of hydrogen-bond donors (Lipinski definition) is 0. The maximum absolute atomic E-state index is 2.36. The van der Waals surface area contributed by atoms with Gasteiger partial charge in [0.2, 0.25) is 0 Å². The highest BCUT2D eigenvalue weighted by Crippen LogP contribution is 2.20. The zero-order chi connectivity index (χ0) is 10.1. The highest BCUT2D eigenvalue weighted by atomic mass is 28.3. The summed E-state index contributed by atoms with van der Waals surface area (Å²) in [7, 11) is -0.324. The largest absolute Gasteiger partial charge is 0.0795 e. The minimum Gasteiger partial charge on any atom is -0.0671 e. The molecule has 0 heterocycles. The van der Waals surface area contributed by atoms with Gasteiger partial charge in [-0.15, -0.1) is 0 Å². The maximum atomic E-state index is 2.36. The van der Waals surface area contributed by atoms with E-state index in [0.29, 0.717) is 5.41 Å². The van der Waals surface area contributed by atoms with Crippen molar-refractivity contribution in [2.75, 3.05) is 0 Å². The molecule has 0 atom stereocenters. The molecule has 1 aromatic rings. The lowest BCUT2D eigenvalue weighted by molar-refractivity contribution is 0.594. The average molecular weight is 191 g/mol. The van der Waals surface area contributed by atoms with Crippen molar-refractivity contribution in [1.82, 2.24) is 0 Å². The Labute approximate surface area is 83.6 Å². The molecule has 0 aliphatic heterocycles. The summed E-state index contributed by atoms with van der Waals surface area (Å²) in [6.07, 6.45) is 0. The molecule has 0 N–H and O–H groups in total. The fraction of sp³-hybridized carbons (Fsp3) is 0.500. The molecular weight excluding hydrogens is 172 g/mol. The van der Waals surface area contributed by atoms with E-state index in [1.165, 1.54) is 5.56 Å². The molecular formula is C12H19Si. The summed E-state index contributed by atoms with van der Waals surface area (Å²) in [5.74, 6) is 0. The molecule has 1 rings (SSSR count). The first-order valence-electron chi connectivity index (χ1n) is 4.83. The van der Waals surface area contributed by atoms with Crippen LogP contribution in [0.5, 0.6) is 0 Å². The number of benzene rings is 1. The second-order valence-corrected chi connectivity index (χ2v) is 7.33. The van der Waals surface area contributed by atoms with Crippen molar-refractivity contribution in [3.8, 4) is 0 Å². The molecule has 0 bridgehead atoms. The van der Waals surface area contributed by atoms with E-state index in [2.05, 4.69) is 58.1 Å². The van der Waals surface area contributed by atoms with Crippen molar-refractivity contribution < 1.29 is 0 Å². The number of hydrogen-bond acceptors (Lipinski definition) is 0. The van der Waals surface area contributed by atoms with E-state index in [1.54, 1.807) is 5.19 Å². The molecule has 71 valence electrons. The Balaban J connectivity index is 3.20. The normalized spacial score (nSPS) is 12.2. The van der Waals surface area contributed by atoms with Gasteiger partial charge in [0.15, 0.2) is 0 Å². The van der Waals surface area contributed by atoms with Gasteiger partial charge in [0, 0.05) is 0 Å². The molecule has 0 unspecified atom stereocenters. The third-order valence-corrected chi connectivity index (χ3v) is 3.79. The van der Waals surface area contributed by atoms with Crippen LogP contribution in [0.3, 0.4) is 0 Å². The highest BCUT2D eigenvalue weighted by molar-refractivity contribution is 6.71. The van der Waals surface area contributed by atoms with Gasteiger partial charge in [0.1, 0.15) is 0 Å². The quantitative estimate of drug-likeness (QED) is 0.599. The SMILES string of the molecule is C[Si](C)c1ccccc1C(C)(C)C. The Morgan fingerprint density at radius 2 is 1.54 bits per heavy atom. The Bertz CT molecular complexity index is 281. The zero-order valence-electron chi connectivity index (χ0n) is 9.31. The smallest absolute Gasteiger partial charge is 0.0671 e. The van der Waals surface area contributed by atoms with Gasteiger partial charge in [-0.2, -0.15) is 0 Å². The third-order valence-electron chi connectivity index (χ3n) is 2.27. The summed E-state index contributed by atoms with van der Waals surface area (Å²) in [5, 5.41) is 1.58. The summed E-state index contributed by atoms with van der Waals surface area (Å²) >= 11 is 0. The zero-order valence-corrected chi connectivity index (χ0v) is 10.3. The summed E-state index contributed by atoms with van der Waals surface area (Å²) in [4.78, 5) is 0. The van der Waals surface area contributed by atoms with E-state index in [9.17, 15) is 0 Å². The Kier molecular flexibility index (Phi) is 2.97. The van der Waals surface area contributed by atoms with Gasteiger partial charge in [0.25, 0.3) is 0 Å². The Morgan fingerprint density at radius 1 is 1.00 bits per heavy atom. The van der Waals surface area contributed by atoms with Crippen molar-refractivity contribution in [2.45, 2.75) is 39.3 Å². The van der Waals surface area contributed by atoms with Crippen molar-refractivity contribution in [3.05, 3.63) is 29.8 Å². The van der Waals surface area contributed by atoms with Crippen LogP contribution in [-0.4, -0.2) is 8.80 Å². The van der Waals surface area contributed by atoms with Crippen molar-refractivity contribution in [3.63, 3.8) is 0 Å². The van der Waals surface area contributed by atoms with Crippen LogP contribution in [0.15, 0.2) is 24.3 Å². The summed E-state index contributed by atoms with van der Waals surface area (Å²) in [6, 6.07) is 8.86. The molecule has 13 heavy (non-hydrogen) atoms. The summed E-state index contributed by atoms with van der Waals surface area (Å²) in [6.45, 7) is 11.6. The van der Waals surface area contributed by atoms with Crippen LogP contribution < -0.4 is 5.19 Å². The van der Waals surface area contributed by atoms with Crippen LogP contribution in [0.4, 0.5) is 0 Å². The van der Waals surface area contributed by atoms with E-state index in [4.69, 9.17) is 0 Å². The van der Waals surface area contributed by atoms with E-state index >= 15 is 0 Å². The summed E-state index contributed by atoms with van der Waals surface area (Å²) < 4.78 is 0. The fourth-order valence-corrected chi connectivity index (χ4v) is 3.00. The molecule has 0 aliphatic rings. The van der Waals surface area contributed by atoms with Crippen molar-refractivity contribution in [1.29, 1.82) is 0 Å². The van der Waals surface area contributed by atoms with Gasteiger partial charge in [-0.3, -0.25) is 0 Å². The Morgan fingerprint density at radius 3 is 1.92 bits per heavy atom. The van der Waals surface area contributed by atoms with Gasteiger partial charge in [-0.25, -0.2) is 0 Å². The van der Waals surface area contributed by atoms with Crippen LogP contribution in [0, 0.1) is 0 Å². The number of rotatable bonds is 1. The van der Waals surface area contributed by atoms with Crippen molar-refractivity contribution >= 4 is 14.0 Å². The van der Waals surface area contributed by atoms with Gasteiger partial charge in [-0.05, 0) is 11.0 Å². The van der Waals surface area contributed by atoms with E-state index in [-0.39, 0.29) is 8.80 Å². The molecule has 1 heteroatoms. The lowest BCUT2D eigenvalue weighted by Gasteiger charge is -2.24. The molecule has 1 radical (unpaired) electrons. The average Bonchev–Trinajstić information content (AvgIpc) is 2.03. The van der Waals surface area contributed by atoms with Gasteiger partial charge in [-0.1, -0.05) is 63.3 Å². The van der Waals surface area contributed by atoms with Crippen LogP contribution in [0.25, 0.3) is 0 Å². The second kappa shape index (κ2) is 3.67. The lowest BCUT2D eigenvalue weighted by atomic mass is 9.87. The molecule has 0 nitrogen and oxygen atoms in total. The highest BCUT2D eigenvalue weighted by Gasteiger charge is 2.18. The maximum Gasteiger partial charge on any atom is 0.0795 e. The minimum atomic E-state index is -0.324. The fourth-order valence-electron chi connectivity index (χ4n) is 1.57. The van der Waals surface area contributed by atoms with Gasteiger partial charge in [0.05, 0.1) is 8.80 Å².